The van der Waals surface area contributed by atoms with Crippen LogP contribution >= 0.6 is 0 Å². The van der Waals surface area contributed by atoms with Gasteiger partial charge in [0, 0.05) is 13.1 Å². The molecule has 0 bridgehead atoms. The lowest BCUT2D eigenvalue weighted by atomic mass is 9.97. The average molecular weight is 208 g/mol. The number of likely N-dealkylation sites (N-methyl/N-ethyl adjacent to an activating group) is 1. The molecule has 0 saturated heterocycles. The third-order valence-electron chi connectivity index (χ3n) is 3.04. The van der Waals surface area contributed by atoms with E-state index in [4.69, 9.17) is 0 Å². The van der Waals surface area contributed by atoms with Crippen molar-refractivity contribution in [3.05, 3.63) is 22.8 Å². The molecule has 0 fully saturated rings. The molecule has 15 heavy (non-hydrogen) atoms. The molecule has 0 atom stereocenters. The van der Waals surface area contributed by atoms with Gasteiger partial charge in [0.05, 0.1) is 0 Å². The molecule has 2 heteroatoms. The van der Waals surface area contributed by atoms with Crippen LogP contribution in [0.2, 0.25) is 0 Å². The molecule has 0 amide bonds. The smallest absolute Gasteiger partial charge is 0.0183 e. The molecule has 0 radical (unpaired) electrons. The fourth-order valence-corrected chi connectivity index (χ4v) is 2.02. The normalized spacial score (nSPS) is 16.7. The highest BCUT2D eigenvalue weighted by molar-refractivity contribution is 5.32. The Balaban J connectivity index is 2.81. The lowest BCUT2D eigenvalue weighted by molar-refractivity contribution is 0.660. The maximum atomic E-state index is 3.43. The second-order valence-electron chi connectivity index (χ2n) is 4.10. The summed E-state index contributed by atoms with van der Waals surface area (Å²) >= 11 is 0. The summed E-state index contributed by atoms with van der Waals surface area (Å²) in [5.74, 6) is 0. The molecule has 2 N–H and O–H groups in total. The Bertz CT molecular complexity index is 245. The van der Waals surface area contributed by atoms with Gasteiger partial charge < -0.3 is 10.6 Å². The highest BCUT2D eigenvalue weighted by Gasteiger charge is 2.09. The highest BCUT2D eigenvalue weighted by Crippen LogP contribution is 2.18. The first-order valence-electron chi connectivity index (χ1n) is 6.07. The van der Waals surface area contributed by atoms with Crippen molar-refractivity contribution >= 4 is 0 Å². The Hall–Kier alpha value is -0.600. The Morgan fingerprint density at radius 2 is 2.13 bits per heavy atom. The van der Waals surface area contributed by atoms with Gasteiger partial charge in [-0.1, -0.05) is 25.5 Å². The van der Waals surface area contributed by atoms with Gasteiger partial charge >= 0.3 is 0 Å². The van der Waals surface area contributed by atoms with E-state index in [9.17, 15) is 0 Å². The molecule has 0 aromatic carbocycles. The summed E-state index contributed by atoms with van der Waals surface area (Å²) in [6.45, 7) is 7.68. The van der Waals surface area contributed by atoms with Crippen LogP contribution in [0.1, 0.15) is 33.1 Å². The standard InChI is InChI=1S/C13H24N2/c1-4-11(5-2)8-12-6-7-15-10-13(12)9-14-3/h8,14-15H,4-7,9-10H2,1-3H3. The highest BCUT2D eigenvalue weighted by atomic mass is 14.9. The summed E-state index contributed by atoms with van der Waals surface area (Å²) in [5, 5.41) is 6.68. The monoisotopic (exact) mass is 208 g/mol. The van der Waals surface area contributed by atoms with Crippen molar-refractivity contribution in [2.75, 3.05) is 26.7 Å². The first-order valence-corrected chi connectivity index (χ1v) is 6.07. The zero-order chi connectivity index (χ0) is 11.1. The number of hydrogen-bond acceptors (Lipinski definition) is 2. The summed E-state index contributed by atoms with van der Waals surface area (Å²) in [7, 11) is 2.02. The lowest BCUT2D eigenvalue weighted by Gasteiger charge is -2.20. The topological polar surface area (TPSA) is 24.1 Å². The van der Waals surface area contributed by atoms with Gasteiger partial charge in [-0.05, 0) is 44.0 Å². The van der Waals surface area contributed by atoms with E-state index in [-0.39, 0.29) is 0 Å². The zero-order valence-electron chi connectivity index (χ0n) is 10.3. The lowest BCUT2D eigenvalue weighted by Crippen LogP contribution is -2.29. The van der Waals surface area contributed by atoms with Crippen molar-refractivity contribution in [1.29, 1.82) is 0 Å². The van der Waals surface area contributed by atoms with Crippen LogP contribution in [0.25, 0.3) is 0 Å². The van der Waals surface area contributed by atoms with Crippen LogP contribution in [-0.4, -0.2) is 26.7 Å². The summed E-state index contributed by atoms with van der Waals surface area (Å²) in [6, 6.07) is 0. The molecule has 86 valence electrons. The van der Waals surface area contributed by atoms with E-state index in [1.807, 2.05) is 7.05 Å². The second-order valence-corrected chi connectivity index (χ2v) is 4.10. The third kappa shape index (κ3) is 3.80. The van der Waals surface area contributed by atoms with E-state index in [1.165, 1.54) is 24.8 Å². The predicted octanol–water partition coefficient (Wildman–Crippen LogP) is 2.24. The minimum atomic E-state index is 1.01. The number of nitrogens with one attached hydrogen (secondary N) is 2. The van der Waals surface area contributed by atoms with E-state index >= 15 is 0 Å². The van der Waals surface area contributed by atoms with Gasteiger partial charge in [0.2, 0.25) is 0 Å². The molecule has 1 aliphatic rings. The van der Waals surface area contributed by atoms with Crippen LogP contribution in [0.4, 0.5) is 0 Å². The van der Waals surface area contributed by atoms with Crippen molar-refractivity contribution in [3.8, 4) is 0 Å². The van der Waals surface area contributed by atoms with Crippen LogP contribution in [0, 0.1) is 0 Å². The number of hydrogen-bond donors (Lipinski definition) is 2. The summed E-state index contributed by atoms with van der Waals surface area (Å²) < 4.78 is 0. The molecule has 1 aliphatic heterocycles. The van der Waals surface area contributed by atoms with Crippen LogP contribution in [-0.2, 0) is 0 Å². The van der Waals surface area contributed by atoms with Gasteiger partial charge in [-0.2, -0.15) is 0 Å². The fraction of sp³-hybridized carbons (Fsp3) is 0.692. The maximum Gasteiger partial charge on any atom is 0.0183 e. The molecule has 0 saturated carbocycles. The number of allylic oxidation sites excluding steroid dienone is 2. The van der Waals surface area contributed by atoms with E-state index < -0.39 is 0 Å². The van der Waals surface area contributed by atoms with Crippen molar-refractivity contribution in [3.63, 3.8) is 0 Å². The Kier molecular flexibility index (Phi) is 5.66. The molecular weight excluding hydrogens is 184 g/mol. The minimum absolute atomic E-state index is 1.01. The van der Waals surface area contributed by atoms with Crippen LogP contribution in [0.5, 0.6) is 0 Å². The molecule has 1 heterocycles. The van der Waals surface area contributed by atoms with Crippen molar-refractivity contribution in [2.24, 2.45) is 0 Å². The molecule has 1 rings (SSSR count). The van der Waals surface area contributed by atoms with Gasteiger partial charge in [0.15, 0.2) is 0 Å². The fourth-order valence-electron chi connectivity index (χ4n) is 2.02. The molecule has 2 nitrogen and oxygen atoms in total. The SMILES string of the molecule is CCC(=CC1=C(CNC)CNCC1)CC. The van der Waals surface area contributed by atoms with Crippen molar-refractivity contribution in [1.82, 2.24) is 10.6 Å². The van der Waals surface area contributed by atoms with Crippen LogP contribution in [0.3, 0.4) is 0 Å². The first-order chi connectivity index (χ1) is 7.31. The second kappa shape index (κ2) is 6.81. The maximum absolute atomic E-state index is 3.43. The van der Waals surface area contributed by atoms with E-state index in [1.54, 1.807) is 11.1 Å². The van der Waals surface area contributed by atoms with Crippen LogP contribution in [0.15, 0.2) is 22.8 Å². The minimum Gasteiger partial charge on any atom is -0.316 e. The molecule has 0 spiro atoms. The Morgan fingerprint density at radius 1 is 1.40 bits per heavy atom. The third-order valence-corrected chi connectivity index (χ3v) is 3.04. The van der Waals surface area contributed by atoms with Gasteiger partial charge in [0.1, 0.15) is 0 Å². The van der Waals surface area contributed by atoms with Crippen molar-refractivity contribution < 1.29 is 0 Å². The molecular formula is C13H24N2. The molecule has 0 unspecified atom stereocenters. The van der Waals surface area contributed by atoms with Gasteiger partial charge in [-0.3, -0.25) is 0 Å². The Morgan fingerprint density at radius 3 is 2.73 bits per heavy atom. The largest absolute Gasteiger partial charge is 0.316 e. The average Bonchev–Trinajstić information content (AvgIpc) is 2.28. The van der Waals surface area contributed by atoms with E-state index in [0.717, 1.165) is 19.6 Å². The molecule has 0 aromatic rings. The van der Waals surface area contributed by atoms with Crippen LogP contribution < -0.4 is 10.6 Å². The van der Waals surface area contributed by atoms with Gasteiger partial charge in [0.25, 0.3) is 0 Å². The zero-order valence-corrected chi connectivity index (χ0v) is 10.3. The Labute approximate surface area is 93.8 Å². The van der Waals surface area contributed by atoms with E-state index in [0.29, 0.717) is 0 Å². The summed E-state index contributed by atoms with van der Waals surface area (Å²) in [4.78, 5) is 0. The first kappa shape index (κ1) is 12.5. The summed E-state index contributed by atoms with van der Waals surface area (Å²) in [6.07, 6.45) is 5.97. The molecule has 0 aliphatic carbocycles. The summed E-state index contributed by atoms with van der Waals surface area (Å²) in [5.41, 5.74) is 4.66. The van der Waals surface area contributed by atoms with E-state index in [2.05, 4.69) is 30.6 Å². The number of rotatable bonds is 5. The predicted molar refractivity (Wildman–Crippen MR) is 67.1 cm³/mol. The molecule has 0 aromatic heterocycles. The van der Waals surface area contributed by atoms with Gasteiger partial charge in [-0.15, -0.1) is 0 Å². The van der Waals surface area contributed by atoms with Crippen molar-refractivity contribution in [2.45, 2.75) is 33.1 Å². The quantitative estimate of drug-likeness (QED) is 0.724. The van der Waals surface area contributed by atoms with Gasteiger partial charge in [-0.25, -0.2) is 0 Å².